The van der Waals surface area contributed by atoms with Gasteiger partial charge >= 0.3 is 6.03 Å². The average Bonchev–Trinajstić information content (AvgIpc) is 3.09. The van der Waals surface area contributed by atoms with Crippen LogP contribution in [-0.2, 0) is 0 Å². The number of hydrogen-bond donors (Lipinski definition) is 2. The van der Waals surface area contributed by atoms with Crippen molar-refractivity contribution in [3.05, 3.63) is 66.2 Å². The standard InChI is InChI=1S/C20H18N2O3/c1-13(15-7-9-18-19(11-15)25-12-24-18)21-20(23)22-17-8-6-14-4-2-3-5-16(14)10-17/h2-11,13H,12H2,1H3,(H2,21,22,23). The largest absolute Gasteiger partial charge is 0.454 e. The number of fused-ring (bicyclic) bond motifs is 2. The summed E-state index contributed by atoms with van der Waals surface area (Å²) >= 11 is 0. The molecule has 0 saturated heterocycles. The van der Waals surface area contributed by atoms with Crippen molar-refractivity contribution in [2.45, 2.75) is 13.0 Å². The van der Waals surface area contributed by atoms with Crippen LogP contribution in [0.1, 0.15) is 18.5 Å². The van der Waals surface area contributed by atoms with E-state index in [1.165, 1.54) is 0 Å². The molecule has 0 fully saturated rings. The van der Waals surface area contributed by atoms with Gasteiger partial charge in [0.2, 0.25) is 6.79 Å². The van der Waals surface area contributed by atoms with Crippen molar-refractivity contribution in [1.82, 2.24) is 5.32 Å². The molecule has 1 aliphatic heterocycles. The Morgan fingerprint density at radius 2 is 1.76 bits per heavy atom. The molecule has 0 aromatic heterocycles. The van der Waals surface area contributed by atoms with Gasteiger partial charge in [-0.15, -0.1) is 0 Å². The number of hydrogen-bond acceptors (Lipinski definition) is 3. The van der Waals surface area contributed by atoms with Gasteiger partial charge in [0.15, 0.2) is 11.5 Å². The monoisotopic (exact) mass is 334 g/mol. The summed E-state index contributed by atoms with van der Waals surface area (Å²) in [6.07, 6.45) is 0. The number of nitrogens with one attached hydrogen (secondary N) is 2. The lowest BCUT2D eigenvalue weighted by Crippen LogP contribution is -2.31. The highest BCUT2D eigenvalue weighted by atomic mass is 16.7. The quantitative estimate of drug-likeness (QED) is 0.744. The van der Waals surface area contributed by atoms with Crippen LogP contribution >= 0.6 is 0 Å². The van der Waals surface area contributed by atoms with Crippen molar-refractivity contribution >= 4 is 22.5 Å². The molecule has 126 valence electrons. The number of amides is 2. The van der Waals surface area contributed by atoms with Crippen molar-refractivity contribution < 1.29 is 14.3 Å². The maximum atomic E-state index is 12.3. The molecule has 3 aromatic rings. The van der Waals surface area contributed by atoms with Gasteiger partial charge < -0.3 is 20.1 Å². The van der Waals surface area contributed by atoms with Gasteiger partial charge in [0.1, 0.15) is 0 Å². The van der Waals surface area contributed by atoms with Crippen molar-refractivity contribution in [3.63, 3.8) is 0 Å². The van der Waals surface area contributed by atoms with Gasteiger partial charge in [0, 0.05) is 5.69 Å². The minimum Gasteiger partial charge on any atom is -0.454 e. The zero-order valence-electron chi connectivity index (χ0n) is 13.8. The smallest absolute Gasteiger partial charge is 0.319 e. The zero-order valence-corrected chi connectivity index (χ0v) is 13.8. The van der Waals surface area contributed by atoms with E-state index in [1.54, 1.807) is 0 Å². The number of carbonyl (C=O) groups is 1. The van der Waals surface area contributed by atoms with Crippen LogP contribution in [0.25, 0.3) is 10.8 Å². The number of ether oxygens (including phenoxy) is 2. The lowest BCUT2D eigenvalue weighted by molar-refractivity contribution is 0.174. The summed E-state index contributed by atoms with van der Waals surface area (Å²) in [5.41, 5.74) is 1.71. The first-order chi connectivity index (χ1) is 12.2. The van der Waals surface area contributed by atoms with Gasteiger partial charge in [-0.2, -0.15) is 0 Å². The highest BCUT2D eigenvalue weighted by molar-refractivity contribution is 5.93. The molecule has 25 heavy (non-hydrogen) atoms. The second kappa shape index (κ2) is 6.36. The van der Waals surface area contributed by atoms with Crippen LogP contribution in [0.3, 0.4) is 0 Å². The highest BCUT2D eigenvalue weighted by Crippen LogP contribution is 2.34. The Morgan fingerprint density at radius 3 is 2.64 bits per heavy atom. The fourth-order valence-corrected chi connectivity index (χ4v) is 2.90. The summed E-state index contributed by atoms with van der Waals surface area (Å²) in [4.78, 5) is 12.3. The molecule has 1 atom stereocenters. The summed E-state index contributed by atoms with van der Waals surface area (Å²) in [6.45, 7) is 2.17. The van der Waals surface area contributed by atoms with Crippen molar-refractivity contribution in [2.24, 2.45) is 0 Å². The Bertz CT molecular complexity index is 939. The fraction of sp³-hybridized carbons (Fsp3) is 0.150. The van der Waals surface area contributed by atoms with Gasteiger partial charge in [0.05, 0.1) is 6.04 Å². The van der Waals surface area contributed by atoms with Crippen LogP contribution < -0.4 is 20.1 Å². The molecule has 0 bridgehead atoms. The van der Waals surface area contributed by atoms with Crippen LogP contribution in [0.2, 0.25) is 0 Å². The van der Waals surface area contributed by atoms with Crippen LogP contribution in [0.5, 0.6) is 11.5 Å². The highest BCUT2D eigenvalue weighted by Gasteiger charge is 2.16. The molecular formula is C20H18N2O3. The number of benzene rings is 3. The topological polar surface area (TPSA) is 59.6 Å². The molecule has 1 unspecified atom stereocenters. The predicted molar refractivity (Wildman–Crippen MR) is 97.1 cm³/mol. The second-order valence-electron chi connectivity index (χ2n) is 5.99. The maximum Gasteiger partial charge on any atom is 0.319 e. The van der Waals surface area contributed by atoms with Gasteiger partial charge in [0.25, 0.3) is 0 Å². The fourth-order valence-electron chi connectivity index (χ4n) is 2.90. The van der Waals surface area contributed by atoms with Gasteiger partial charge in [-0.1, -0.05) is 36.4 Å². The molecule has 0 spiro atoms. The lowest BCUT2D eigenvalue weighted by Gasteiger charge is -2.15. The van der Waals surface area contributed by atoms with Gasteiger partial charge in [-0.05, 0) is 47.5 Å². The molecule has 5 heteroatoms. The molecule has 0 saturated carbocycles. The summed E-state index contributed by atoms with van der Waals surface area (Å²) < 4.78 is 10.7. The second-order valence-corrected chi connectivity index (χ2v) is 5.99. The molecule has 0 radical (unpaired) electrons. The number of anilines is 1. The van der Waals surface area contributed by atoms with Crippen molar-refractivity contribution in [3.8, 4) is 11.5 Å². The van der Waals surface area contributed by atoms with E-state index in [1.807, 2.05) is 67.6 Å². The Labute approximate surface area is 145 Å². The van der Waals surface area contributed by atoms with E-state index < -0.39 is 0 Å². The summed E-state index contributed by atoms with van der Waals surface area (Å²) in [6, 6.07) is 19.2. The van der Waals surface area contributed by atoms with Crippen LogP contribution in [0.15, 0.2) is 60.7 Å². The minimum absolute atomic E-state index is 0.157. The predicted octanol–water partition coefficient (Wildman–Crippen LogP) is 4.45. The third-order valence-electron chi connectivity index (χ3n) is 4.25. The van der Waals surface area contributed by atoms with Gasteiger partial charge in [-0.3, -0.25) is 0 Å². The molecule has 1 heterocycles. The van der Waals surface area contributed by atoms with E-state index in [2.05, 4.69) is 10.6 Å². The Balaban J connectivity index is 1.44. The van der Waals surface area contributed by atoms with E-state index in [0.29, 0.717) is 5.75 Å². The first kappa shape index (κ1) is 15.3. The minimum atomic E-state index is -0.250. The number of urea groups is 1. The van der Waals surface area contributed by atoms with E-state index in [9.17, 15) is 4.79 Å². The summed E-state index contributed by atoms with van der Waals surface area (Å²) in [5.74, 6) is 1.44. The lowest BCUT2D eigenvalue weighted by atomic mass is 10.1. The number of carbonyl (C=O) groups excluding carboxylic acids is 1. The molecule has 3 aromatic carbocycles. The third kappa shape index (κ3) is 3.21. The van der Waals surface area contributed by atoms with Crippen LogP contribution in [0.4, 0.5) is 10.5 Å². The number of rotatable bonds is 3. The molecule has 4 rings (SSSR count). The summed E-state index contributed by atoms with van der Waals surface area (Å²) in [7, 11) is 0. The Kier molecular flexibility index (Phi) is 3.90. The normalized spacial score (nSPS) is 13.5. The summed E-state index contributed by atoms with van der Waals surface area (Å²) in [5, 5.41) is 8.05. The molecule has 0 aliphatic carbocycles. The van der Waals surface area contributed by atoms with Crippen molar-refractivity contribution in [1.29, 1.82) is 0 Å². The van der Waals surface area contributed by atoms with Gasteiger partial charge in [-0.25, -0.2) is 4.79 Å². The Morgan fingerprint density at radius 1 is 0.960 bits per heavy atom. The van der Waals surface area contributed by atoms with E-state index >= 15 is 0 Å². The maximum absolute atomic E-state index is 12.3. The van der Waals surface area contributed by atoms with E-state index in [4.69, 9.17) is 9.47 Å². The molecular weight excluding hydrogens is 316 g/mol. The molecule has 5 nitrogen and oxygen atoms in total. The van der Waals surface area contributed by atoms with Crippen LogP contribution in [-0.4, -0.2) is 12.8 Å². The first-order valence-corrected chi connectivity index (χ1v) is 8.15. The van der Waals surface area contributed by atoms with E-state index in [-0.39, 0.29) is 18.9 Å². The Hall–Kier alpha value is -3.21. The zero-order chi connectivity index (χ0) is 17.2. The first-order valence-electron chi connectivity index (χ1n) is 8.15. The average molecular weight is 334 g/mol. The SMILES string of the molecule is CC(NC(=O)Nc1ccc2ccccc2c1)c1ccc2c(c1)OCO2. The van der Waals surface area contributed by atoms with E-state index in [0.717, 1.165) is 27.8 Å². The molecule has 2 amide bonds. The van der Waals surface area contributed by atoms with Crippen molar-refractivity contribution in [2.75, 3.05) is 12.1 Å². The molecule has 2 N–H and O–H groups in total. The van der Waals surface area contributed by atoms with Crippen LogP contribution in [0, 0.1) is 0 Å². The molecule has 1 aliphatic rings. The third-order valence-corrected chi connectivity index (χ3v) is 4.25.